The topological polar surface area (TPSA) is 66.4 Å². The first-order chi connectivity index (χ1) is 9.88. The van der Waals surface area contributed by atoms with Gasteiger partial charge in [-0.15, -0.1) is 11.3 Å². The third-order valence-corrected chi connectivity index (χ3v) is 4.46. The van der Waals surface area contributed by atoms with Gasteiger partial charge in [0.25, 0.3) is 0 Å². The van der Waals surface area contributed by atoms with E-state index in [1.54, 1.807) is 12.3 Å². The summed E-state index contributed by atoms with van der Waals surface area (Å²) in [5, 5.41) is 13.6. The van der Waals surface area contributed by atoms with E-state index in [0.717, 1.165) is 28.0 Å². The molecule has 0 aliphatic carbocycles. The van der Waals surface area contributed by atoms with Gasteiger partial charge in [-0.3, -0.25) is 4.79 Å². The first-order valence-corrected chi connectivity index (χ1v) is 7.44. The highest BCUT2D eigenvalue weighted by molar-refractivity contribution is 7.12. The molecule has 1 aromatic heterocycles. The highest BCUT2D eigenvalue weighted by Gasteiger charge is 2.17. The van der Waals surface area contributed by atoms with Crippen molar-refractivity contribution in [2.24, 2.45) is 0 Å². The average molecular weight is 303 g/mol. The molecule has 4 nitrogen and oxygen atoms in total. The summed E-state index contributed by atoms with van der Waals surface area (Å²) in [5.74, 6) is -1.23. The normalized spacial score (nSPS) is 10.4. The lowest BCUT2D eigenvalue weighted by Crippen LogP contribution is -2.16. The number of carboxylic acid groups (broad SMARTS) is 1. The van der Waals surface area contributed by atoms with Crippen molar-refractivity contribution >= 4 is 28.9 Å². The van der Waals surface area contributed by atoms with E-state index in [1.165, 1.54) is 5.56 Å². The van der Waals surface area contributed by atoms with Crippen LogP contribution in [0.25, 0.3) is 0 Å². The van der Waals surface area contributed by atoms with Crippen LogP contribution in [0.4, 0.5) is 5.69 Å². The van der Waals surface area contributed by atoms with Crippen LogP contribution in [0.5, 0.6) is 0 Å². The fourth-order valence-electron chi connectivity index (χ4n) is 2.04. The summed E-state index contributed by atoms with van der Waals surface area (Å²) in [4.78, 5) is 23.4. The molecule has 2 rings (SSSR count). The van der Waals surface area contributed by atoms with Crippen LogP contribution in [0.3, 0.4) is 0 Å². The minimum Gasteiger partial charge on any atom is -0.477 e. The van der Waals surface area contributed by atoms with Crippen LogP contribution in [0.2, 0.25) is 0 Å². The molecule has 2 N–H and O–H groups in total. The standard InChI is InChI=1S/C16H17NO3S/c1-9-4-5-12(6-10(9)2)7-13(18)17-14-11(3)8-21-15(14)16(19)20/h4-6,8H,7H2,1-3H3,(H,17,18)(H,19,20). The summed E-state index contributed by atoms with van der Waals surface area (Å²) in [5.41, 5.74) is 4.41. The molecule has 1 aromatic carbocycles. The zero-order chi connectivity index (χ0) is 15.6. The number of aromatic carboxylic acids is 1. The predicted octanol–water partition coefficient (Wildman–Crippen LogP) is 3.55. The molecule has 0 bridgehead atoms. The fraction of sp³-hybridized carbons (Fsp3) is 0.250. The first kappa shape index (κ1) is 15.3. The van der Waals surface area contributed by atoms with Gasteiger partial charge < -0.3 is 10.4 Å². The number of carboxylic acids is 1. The zero-order valence-corrected chi connectivity index (χ0v) is 13.0. The van der Waals surface area contributed by atoms with Crippen LogP contribution in [-0.2, 0) is 11.2 Å². The van der Waals surface area contributed by atoms with E-state index in [9.17, 15) is 9.59 Å². The van der Waals surface area contributed by atoms with Crippen LogP contribution < -0.4 is 5.32 Å². The number of carbonyl (C=O) groups excluding carboxylic acids is 1. The minimum atomic E-state index is -1.02. The summed E-state index contributed by atoms with van der Waals surface area (Å²) in [7, 11) is 0. The molecule has 0 aliphatic rings. The Hall–Kier alpha value is -2.14. The smallest absolute Gasteiger partial charge is 0.348 e. The number of hydrogen-bond donors (Lipinski definition) is 2. The van der Waals surface area contributed by atoms with Crippen molar-refractivity contribution in [3.63, 3.8) is 0 Å². The molecule has 110 valence electrons. The number of aryl methyl sites for hydroxylation is 3. The van der Waals surface area contributed by atoms with Crippen molar-refractivity contribution in [3.8, 4) is 0 Å². The van der Waals surface area contributed by atoms with Crippen molar-refractivity contribution < 1.29 is 14.7 Å². The maximum absolute atomic E-state index is 12.1. The van der Waals surface area contributed by atoms with Crippen molar-refractivity contribution in [3.05, 3.63) is 50.7 Å². The van der Waals surface area contributed by atoms with Crippen LogP contribution in [0, 0.1) is 20.8 Å². The monoisotopic (exact) mass is 303 g/mol. The molecule has 0 fully saturated rings. The van der Waals surface area contributed by atoms with E-state index in [2.05, 4.69) is 5.32 Å². The summed E-state index contributed by atoms with van der Waals surface area (Å²) in [6.07, 6.45) is 0.232. The molecular formula is C16H17NO3S. The van der Waals surface area contributed by atoms with Crippen LogP contribution in [0.1, 0.15) is 31.9 Å². The summed E-state index contributed by atoms with van der Waals surface area (Å²) < 4.78 is 0. The first-order valence-electron chi connectivity index (χ1n) is 6.56. The van der Waals surface area contributed by atoms with Gasteiger partial charge in [-0.2, -0.15) is 0 Å². The average Bonchev–Trinajstić information content (AvgIpc) is 2.76. The third-order valence-electron chi connectivity index (χ3n) is 3.37. The van der Waals surface area contributed by atoms with Gasteiger partial charge in [0.1, 0.15) is 4.88 Å². The van der Waals surface area contributed by atoms with Gasteiger partial charge in [-0.1, -0.05) is 18.2 Å². The number of rotatable bonds is 4. The Kier molecular flexibility index (Phi) is 4.43. The lowest BCUT2D eigenvalue weighted by molar-refractivity contribution is -0.115. The van der Waals surface area contributed by atoms with Crippen molar-refractivity contribution in [1.82, 2.24) is 0 Å². The summed E-state index contributed by atoms with van der Waals surface area (Å²) in [6.45, 7) is 5.81. The van der Waals surface area contributed by atoms with E-state index in [4.69, 9.17) is 5.11 Å². The number of nitrogens with one attached hydrogen (secondary N) is 1. The molecular weight excluding hydrogens is 286 g/mol. The van der Waals surface area contributed by atoms with Gasteiger partial charge in [0, 0.05) is 0 Å². The Morgan fingerprint density at radius 3 is 2.48 bits per heavy atom. The Morgan fingerprint density at radius 2 is 1.86 bits per heavy atom. The highest BCUT2D eigenvalue weighted by atomic mass is 32.1. The lowest BCUT2D eigenvalue weighted by Gasteiger charge is -2.08. The Bertz CT molecular complexity index is 704. The van der Waals surface area contributed by atoms with Gasteiger partial charge in [-0.25, -0.2) is 4.79 Å². The molecule has 0 saturated heterocycles. The number of carbonyl (C=O) groups is 2. The number of hydrogen-bond acceptors (Lipinski definition) is 3. The highest BCUT2D eigenvalue weighted by Crippen LogP contribution is 2.27. The van der Waals surface area contributed by atoms with E-state index in [0.29, 0.717) is 5.69 Å². The molecule has 1 heterocycles. The molecule has 0 unspecified atom stereocenters. The number of anilines is 1. The summed E-state index contributed by atoms with van der Waals surface area (Å²) >= 11 is 1.12. The number of benzene rings is 1. The van der Waals surface area contributed by atoms with Crippen LogP contribution >= 0.6 is 11.3 Å². The molecule has 0 atom stereocenters. The summed E-state index contributed by atoms with van der Waals surface area (Å²) in [6, 6.07) is 5.88. The van der Waals surface area contributed by atoms with E-state index >= 15 is 0 Å². The van der Waals surface area contributed by atoms with Gasteiger partial charge in [0.05, 0.1) is 12.1 Å². The van der Waals surface area contributed by atoms with Gasteiger partial charge in [0.2, 0.25) is 5.91 Å². The minimum absolute atomic E-state index is 0.168. The SMILES string of the molecule is Cc1ccc(CC(=O)Nc2c(C)csc2C(=O)O)cc1C. The third kappa shape index (κ3) is 3.49. The number of thiophene rings is 1. The quantitative estimate of drug-likeness (QED) is 0.907. The largest absolute Gasteiger partial charge is 0.477 e. The van der Waals surface area contributed by atoms with Crippen LogP contribution in [0.15, 0.2) is 23.6 Å². The maximum atomic E-state index is 12.1. The van der Waals surface area contributed by atoms with E-state index in [1.807, 2.05) is 32.0 Å². The second-order valence-corrected chi connectivity index (χ2v) is 5.95. The number of amides is 1. The zero-order valence-electron chi connectivity index (χ0n) is 12.2. The van der Waals surface area contributed by atoms with E-state index < -0.39 is 5.97 Å². The molecule has 21 heavy (non-hydrogen) atoms. The molecule has 0 aliphatic heterocycles. The maximum Gasteiger partial charge on any atom is 0.348 e. The van der Waals surface area contributed by atoms with Crippen molar-refractivity contribution in [1.29, 1.82) is 0 Å². The molecule has 1 amide bonds. The molecule has 5 heteroatoms. The Balaban J connectivity index is 2.13. The van der Waals surface area contributed by atoms with E-state index in [-0.39, 0.29) is 17.2 Å². The Labute approximate surface area is 127 Å². The Morgan fingerprint density at radius 1 is 1.14 bits per heavy atom. The molecule has 0 spiro atoms. The second kappa shape index (κ2) is 6.10. The predicted molar refractivity (Wildman–Crippen MR) is 84.3 cm³/mol. The molecule has 2 aromatic rings. The van der Waals surface area contributed by atoms with Gasteiger partial charge in [-0.05, 0) is 48.4 Å². The van der Waals surface area contributed by atoms with Crippen molar-refractivity contribution in [2.75, 3.05) is 5.32 Å². The lowest BCUT2D eigenvalue weighted by atomic mass is 10.0. The molecule has 0 radical (unpaired) electrons. The fourth-order valence-corrected chi connectivity index (χ4v) is 2.88. The van der Waals surface area contributed by atoms with Crippen molar-refractivity contribution in [2.45, 2.75) is 27.2 Å². The second-order valence-electron chi connectivity index (χ2n) is 5.07. The van der Waals surface area contributed by atoms with Gasteiger partial charge in [0.15, 0.2) is 0 Å². The van der Waals surface area contributed by atoms with Gasteiger partial charge >= 0.3 is 5.97 Å². The van der Waals surface area contributed by atoms with Crippen LogP contribution in [-0.4, -0.2) is 17.0 Å². The molecule has 0 saturated carbocycles.